The van der Waals surface area contributed by atoms with E-state index in [1.54, 1.807) is 12.1 Å². The van der Waals surface area contributed by atoms with Crippen molar-refractivity contribution in [1.82, 2.24) is 0 Å². The summed E-state index contributed by atoms with van der Waals surface area (Å²) >= 11 is 0. The van der Waals surface area contributed by atoms with Crippen LogP contribution in [0.15, 0.2) is 24.3 Å². The summed E-state index contributed by atoms with van der Waals surface area (Å²) in [5, 5.41) is 18.8. The van der Waals surface area contributed by atoms with Crippen LogP contribution in [0.1, 0.15) is 38.7 Å². The van der Waals surface area contributed by atoms with Crippen LogP contribution in [0, 0.1) is 5.92 Å². The van der Waals surface area contributed by atoms with E-state index in [0.29, 0.717) is 18.8 Å². The van der Waals surface area contributed by atoms with Crippen molar-refractivity contribution in [1.29, 1.82) is 0 Å². The van der Waals surface area contributed by atoms with Crippen LogP contribution in [0.4, 0.5) is 0 Å². The summed E-state index contributed by atoms with van der Waals surface area (Å²) in [6.07, 6.45) is 1.66. The molecule has 0 aliphatic heterocycles. The predicted molar refractivity (Wildman–Crippen MR) is 71.5 cm³/mol. The van der Waals surface area contributed by atoms with Gasteiger partial charge in [-0.2, -0.15) is 0 Å². The highest BCUT2D eigenvalue weighted by atomic mass is 16.3. The number of phenolic OH excluding ortho intramolecular Hbond substituents is 1. The van der Waals surface area contributed by atoms with Gasteiger partial charge in [0, 0.05) is 6.42 Å². The Labute approximate surface area is 108 Å². The molecule has 0 saturated heterocycles. The normalized spacial score (nSPS) is 12.7. The lowest BCUT2D eigenvalue weighted by Crippen LogP contribution is -2.22. The summed E-state index contributed by atoms with van der Waals surface area (Å²) in [6, 6.07) is 6.99. The molecule has 2 N–H and O–H groups in total. The number of benzene rings is 1. The maximum atomic E-state index is 11.6. The van der Waals surface area contributed by atoms with E-state index in [4.69, 9.17) is 5.11 Å². The van der Waals surface area contributed by atoms with E-state index in [1.165, 1.54) is 0 Å². The first-order chi connectivity index (χ1) is 8.49. The molecule has 100 valence electrons. The number of ketones is 1. The number of carbonyl (C=O) groups is 1. The Kier molecular flexibility index (Phi) is 5.86. The summed E-state index contributed by atoms with van der Waals surface area (Å²) in [4.78, 5) is 11.6. The van der Waals surface area contributed by atoms with Gasteiger partial charge in [-0.15, -0.1) is 0 Å². The van der Waals surface area contributed by atoms with Gasteiger partial charge in [-0.3, -0.25) is 4.79 Å². The molecule has 0 aliphatic carbocycles. The molecule has 1 aromatic carbocycles. The molecule has 0 amide bonds. The SMILES string of the molecule is CC(C)CC(O)C(=O)CCCc1ccc(O)cc1. The zero-order valence-corrected chi connectivity index (χ0v) is 11.1. The number of aromatic hydroxyl groups is 1. The smallest absolute Gasteiger partial charge is 0.161 e. The van der Waals surface area contributed by atoms with Crippen molar-refractivity contribution in [3.63, 3.8) is 0 Å². The maximum absolute atomic E-state index is 11.6. The molecular weight excluding hydrogens is 228 g/mol. The fraction of sp³-hybridized carbons (Fsp3) is 0.533. The Balaban J connectivity index is 2.29. The van der Waals surface area contributed by atoms with Gasteiger partial charge in [0.2, 0.25) is 0 Å². The maximum Gasteiger partial charge on any atom is 0.161 e. The second-order valence-electron chi connectivity index (χ2n) is 5.13. The van der Waals surface area contributed by atoms with E-state index in [2.05, 4.69) is 0 Å². The van der Waals surface area contributed by atoms with Crippen LogP contribution in [-0.2, 0) is 11.2 Å². The van der Waals surface area contributed by atoms with Gasteiger partial charge in [-0.05, 0) is 42.9 Å². The molecule has 0 aromatic heterocycles. The van der Waals surface area contributed by atoms with Gasteiger partial charge in [0.15, 0.2) is 5.78 Å². The first kappa shape index (κ1) is 14.7. The topological polar surface area (TPSA) is 57.5 Å². The monoisotopic (exact) mass is 250 g/mol. The third kappa shape index (κ3) is 5.32. The van der Waals surface area contributed by atoms with Gasteiger partial charge >= 0.3 is 0 Å². The van der Waals surface area contributed by atoms with Crippen LogP contribution in [-0.4, -0.2) is 22.1 Å². The summed E-state index contributed by atoms with van der Waals surface area (Å²) in [6.45, 7) is 3.99. The molecule has 0 aliphatic rings. The second kappa shape index (κ2) is 7.17. The zero-order valence-electron chi connectivity index (χ0n) is 11.1. The van der Waals surface area contributed by atoms with Crippen molar-refractivity contribution in [2.24, 2.45) is 5.92 Å². The third-order valence-electron chi connectivity index (χ3n) is 2.89. The second-order valence-corrected chi connectivity index (χ2v) is 5.13. The summed E-state index contributed by atoms with van der Waals surface area (Å²) in [5.41, 5.74) is 1.10. The average molecular weight is 250 g/mol. The van der Waals surface area contributed by atoms with Crippen LogP contribution in [0.2, 0.25) is 0 Å². The van der Waals surface area contributed by atoms with Gasteiger partial charge in [-0.1, -0.05) is 26.0 Å². The number of hydrogen-bond donors (Lipinski definition) is 2. The lowest BCUT2D eigenvalue weighted by molar-refractivity contribution is -0.127. The molecule has 1 rings (SSSR count). The molecule has 1 unspecified atom stereocenters. The third-order valence-corrected chi connectivity index (χ3v) is 2.89. The van der Waals surface area contributed by atoms with Gasteiger partial charge < -0.3 is 10.2 Å². The number of rotatable bonds is 7. The van der Waals surface area contributed by atoms with Crippen molar-refractivity contribution >= 4 is 5.78 Å². The van der Waals surface area contributed by atoms with Crippen LogP contribution in [0.3, 0.4) is 0 Å². The van der Waals surface area contributed by atoms with E-state index < -0.39 is 6.10 Å². The predicted octanol–water partition coefficient (Wildman–Crippen LogP) is 2.69. The van der Waals surface area contributed by atoms with Gasteiger partial charge in [0.1, 0.15) is 11.9 Å². The summed E-state index contributed by atoms with van der Waals surface area (Å²) in [7, 11) is 0. The zero-order chi connectivity index (χ0) is 13.5. The highest BCUT2D eigenvalue weighted by Gasteiger charge is 2.15. The number of phenols is 1. The number of aryl methyl sites for hydroxylation is 1. The van der Waals surface area contributed by atoms with Crippen molar-refractivity contribution < 1.29 is 15.0 Å². The molecule has 0 bridgehead atoms. The lowest BCUT2D eigenvalue weighted by Gasteiger charge is -2.11. The number of carbonyl (C=O) groups excluding carboxylic acids is 1. The largest absolute Gasteiger partial charge is 0.508 e. The minimum atomic E-state index is -0.815. The molecule has 1 aromatic rings. The molecule has 0 fully saturated rings. The Bertz CT molecular complexity index is 368. The van der Waals surface area contributed by atoms with Crippen LogP contribution in [0.5, 0.6) is 5.75 Å². The molecule has 0 saturated carbocycles. The molecule has 1 atom stereocenters. The number of hydrogen-bond acceptors (Lipinski definition) is 3. The Morgan fingerprint density at radius 2 is 1.83 bits per heavy atom. The lowest BCUT2D eigenvalue weighted by atomic mass is 9.99. The van der Waals surface area contributed by atoms with Crippen LogP contribution >= 0.6 is 0 Å². The number of Topliss-reactive ketones (excluding diaryl/α,β-unsaturated/α-hetero) is 1. The highest BCUT2D eigenvalue weighted by Crippen LogP contribution is 2.13. The van der Waals surface area contributed by atoms with Crippen molar-refractivity contribution in [2.75, 3.05) is 0 Å². The highest BCUT2D eigenvalue weighted by molar-refractivity contribution is 5.82. The average Bonchev–Trinajstić information content (AvgIpc) is 2.30. The fourth-order valence-corrected chi connectivity index (χ4v) is 1.87. The Morgan fingerprint density at radius 1 is 1.22 bits per heavy atom. The van der Waals surface area contributed by atoms with Crippen molar-refractivity contribution in [3.8, 4) is 5.75 Å². The molecule has 0 radical (unpaired) electrons. The number of aliphatic hydroxyl groups excluding tert-OH is 1. The van der Waals surface area contributed by atoms with E-state index in [-0.39, 0.29) is 11.5 Å². The van der Waals surface area contributed by atoms with E-state index in [9.17, 15) is 9.90 Å². The fourth-order valence-electron chi connectivity index (χ4n) is 1.87. The van der Waals surface area contributed by atoms with Gasteiger partial charge in [-0.25, -0.2) is 0 Å². The molecule has 18 heavy (non-hydrogen) atoms. The van der Waals surface area contributed by atoms with Crippen LogP contribution < -0.4 is 0 Å². The van der Waals surface area contributed by atoms with Gasteiger partial charge in [0.25, 0.3) is 0 Å². The first-order valence-corrected chi connectivity index (χ1v) is 6.47. The van der Waals surface area contributed by atoms with Crippen molar-refractivity contribution in [3.05, 3.63) is 29.8 Å². The molecule has 3 heteroatoms. The molecule has 0 heterocycles. The molecule has 0 spiro atoms. The standard InChI is InChI=1S/C15H22O3/c1-11(2)10-15(18)14(17)5-3-4-12-6-8-13(16)9-7-12/h6-9,11,15-16,18H,3-5,10H2,1-2H3. The minimum Gasteiger partial charge on any atom is -0.508 e. The van der Waals surface area contributed by atoms with E-state index in [0.717, 1.165) is 18.4 Å². The van der Waals surface area contributed by atoms with Crippen LogP contribution in [0.25, 0.3) is 0 Å². The number of aliphatic hydroxyl groups is 1. The molecule has 3 nitrogen and oxygen atoms in total. The summed E-state index contributed by atoms with van der Waals surface area (Å²) < 4.78 is 0. The van der Waals surface area contributed by atoms with Gasteiger partial charge in [0.05, 0.1) is 0 Å². The van der Waals surface area contributed by atoms with E-state index in [1.807, 2.05) is 26.0 Å². The summed E-state index contributed by atoms with van der Waals surface area (Å²) in [5.74, 6) is 0.519. The first-order valence-electron chi connectivity index (χ1n) is 6.47. The Morgan fingerprint density at radius 3 is 2.39 bits per heavy atom. The molecular formula is C15H22O3. The Hall–Kier alpha value is -1.35. The quantitative estimate of drug-likeness (QED) is 0.782. The minimum absolute atomic E-state index is 0.0671. The van der Waals surface area contributed by atoms with E-state index >= 15 is 0 Å². The van der Waals surface area contributed by atoms with Crippen molar-refractivity contribution in [2.45, 2.75) is 45.6 Å².